The molecule has 40 heavy (non-hydrogen) atoms. The SMILES string of the molecule is CCn1cc[n+](Cc2cccc(OP(=O)(O)OCC(COc3cccc(OCc4ccccc4)c3C)OC)c2)c1. The number of imidazole rings is 1. The van der Waals surface area contributed by atoms with Crippen molar-refractivity contribution in [3.63, 3.8) is 0 Å². The Hall–Kier alpha value is -3.62. The summed E-state index contributed by atoms with van der Waals surface area (Å²) in [6.45, 7) is 5.80. The Morgan fingerprint density at radius 2 is 1.68 bits per heavy atom. The maximum absolute atomic E-state index is 12.7. The lowest BCUT2D eigenvalue weighted by molar-refractivity contribution is -0.687. The summed E-state index contributed by atoms with van der Waals surface area (Å²) < 4.78 is 44.6. The van der Waals surface area contributed by atoms with Gasteiger partial charge >= 0.3 is 7.82 Å². The van der Waals surface area contributed by atoms with Crippen LogP contribution in [0, 0.1) is 6.92 Å². The minimum absolute atomic E-state index is 0.101. The molecule has 3 aromatic carbocycles. The molecule has 0 spiro atoms. The number of phosphoric ester groups is 1. The van der Waals surface area contributed by atoms with Crippen LogP contribution < -0.4 is 18.6 Å². The van der Waals surface area contributed by atoms with Crippen LogP contribution in [0.5, 0.6) is 17.2 Å². The normalized spacial score (nSPS) is 13.4. The number of benzene rings is 3. The Bertz CT molecular complexity index is 1410. The molecule has 0 aliphatic rings. The molecule has 9 nitrogen and oxygen atoms in total. The van der Waals surface area contributed by atoms with Crippen LogP contribution in [0.3, 0.4) is 0 Å². The maximum Gasteiger partial charge on any atom is 0.527 e. The van der Waals surface area contributed by atoms with E-state index in [1.807, 2.05) is 84.8 Å². The number of rotatable bonds is 15. The third-order valence-corrected chi connectivity index (χ3v) is 7.17. The maximum atomic E-state index is 12.7. The molecule has 0 fully saturated rings. The molecule has 0 amide bonds. The molecule has 0 saturated heterocycles. The summed E-state index contributed by atoms with van der Waals surface area (Å²) in [5.74, 6) is 1.58. The van der Waals surface area contributed by atoms with Crippen LogP contribution in [0.25, 0.3) is 0 Å². The van der Waals surface area contributed by atoms with E-state index in [-0.39, 0.29) is 19.0 Å². The van der Waals surface area contributed by atoms with E-state index in [0.717, 1.165) is 23.2 Å². The Kier molecular flexibility index (Phi) is 10.4. The van der Waals surface area contributed by atoms with Crippen molar-refractivity contribution in [2.75, 3.05) is 20.3 Å². The molecule has 2 atom stereocenters. The van der Waals surface area contributed by atoms with E-state index in [1.54, 1.807) is 18.2 Å². The first-order valence-electron chi connectivity index (χ1n) is 13.1. The summed E-state index contributed by atoms with van der Waals surface area (Å²) in [6.07, 6.45) is 5.35. The number of hydrogen-bond acceptors (Lipinski definition) is 6. The van der Waals surface area contributed by atoms with Gasteiger partial charge in [0.15, 0.2) is 0 Å². The molecule has 10 heteroatoms. The number of methoxy groups -OCH3 is 1. The highest BCUT2D eigenvalue weighted by atomic mass is 31.2. The summed E-state index contributed by atoms with van der Waals surface area (Å²) in [7, 11) is -2.92. The molecule has 2 unspecified atom stereocenters. The van der Waals surface area contributed by atoms with E-state index in [1.165, 1.54) is 7.11 Å². The average molecular weight is 568 g/mol. The Morgan fingerprint density at radius 1 is 0.950 bits per heavy atom. The molecular formula is C30H36N2O7P+. The zero-order valence-corrected chi connectivity index (χ0v) is 23.9. The standard InChI is InChI=1S/C30H35N2O7P/c1-4-31-16-17-32(23-31)19-26-12-8-13-27(18-26)39-40(33,34)38-22-28(35-3)21-37-30-15-9-14-29(24(30)2)36-20-25-10-6-5-7-11-25/h5-18,23,28H,4,19-22H2,1-3H3/p+1. The number of aromatic nitrogens is 2. The summed E-state index contributed by atoms with van der Waals surface area (Å²) in [4.78, 5) is 10.3. The van der Waals surface area contributed by atoms with Crippen LogP contribution in [-0.4, -0.2) is 35.9 Å². The molecule has 1 aromatic heterocycles. The van der Waals surface area contributed by atoms with Crippen LogP contribution in [0.15, 0.2) is 91.5 Å². The van der Waals surface area contributed by atoms with E-state index in [4.69, 9.17) is 23.3 Å². The van der Waals surface area contributed by atoms with Gasteiger partial charge in [-0.25, -0.2) is 13.7 Å². The molecule has 4 rings (SSSR count). The number of ether oxygens (including phenoxy) is 3. The molecular weight excluding hydrogens is 531 g/mol. The third kappa shape index (κ3) is 8.69. The second-order valence-corrected chi connectivity index (χ2v) is 10.6. The van der Waals surface area contributed by atoms with Gasteiger partial charge in [0, 0.05) is 12.7 Å². The average Bonchev–Trinajstić information content (AvgIpc) is 3.41. The van der Waals surface area contributed by atoms with Crippen molar-refractivity contribution in [1.82, 2.24) is 4.57 Å². The highest BCUT2D eigenvalue weighted by molar-refractivity contribution is 7.47. The number of aryl methyl sites for hydroxylation is 1. The minimum Gasteiger partial charge on any atom is -0.490 e. The van der Waals surface area contributed by atoms with Crippen LogP contribution in [-0.2, 0) is 33.5 Å². The highest BCUT2D eigenvalue weighted by Crippen LogP contribution is 2.44. The van der Waals surface area contributed by atoms with Gasteiger partial charge in [-0.05, 0) is 49.2 Å². The number of hydrogen-bond donors (Lipinski definition) is 1. The molecule has 4 aromatic rings. The van der Waals surface area contributed by atoms with Crippen molar-refractivity contribution in [2.24, 2.45) is 0 Å². The molecule has 0 saturated carbocycles. The largest absolute Gasteiger partial charge is 0.527 e. The summed E-state index contributed by atoms with van der Waals surface area (Å²) in [5.41, 5.74) is 2.83. The van der Waals surface area contributed by atoms with Crippen LogP contribution in [0.4, 0.5) is 0 Å². The van der Waals surface area contributed by atoms with Gasteiger partial charge in [-0.1, -0.05) is 48.5 Å². The van der Waals surface area contributed by atoms with Gasteiger partial charge < -0.3 is 18.7 Å². The van der Waals surface area contributed by atoms with E-state index in [2.05, 4.69) is 11.5 Å². The Balaban J connectivity index is 1.28. The van der Waals surface area contributed by atoms with Crippen molar-refractivity contribution in [3.05, 3.63) is 108 Å². The smallest absolute Gasteiger partial charge is 0.490 e. The van der Waals surface area contributed by atoms with Crippen LogP contribution in [0.2, 0.25) is 0 Å². The lowest BCUT2D eigenvalue weighted by Gasteiger charge is -2.20. The summed E-state index contributed by atoms with van der Waals surface area (Å²) in [5, 5.41) is 0. The molecule has 0 bridgehead atoms. The lowest BCUT2D eigenvalue weighted by atomic mass is 10.2. The van der Waals surface area contributed by atoms with Gasteiger partial charge in [0.05, 0.1) is 13.2 Å². The van der Waals surface area contributed by atoms with Gasteiger partial charge in [-0.3, -0.25) is 9.42 Å². The van der Waals surface area contributed by atoms with Crippen molar-refractivity contribution in [3.8, 4) is 17.2 Å². The predicted molar refractivity (Wildman–Crippen MR) is 150 cm³/mol. The fourth-order valence-electron chi connectivity index (χ4n) is 3.98. The molecule has 0 aliphatic heterocycles. The predicted octanol–water partition coefficient (Wildman–Crippen LogP) is 5.32. The number of phosphoric acid groups is 1. The van der Waals surface area contributed by atoms with Crippen LogP contribution in [0.1, 0.15) is 23.6 Å². The molecule has 212 valence electrons. The fraction of sp³-hybridized carbons (Fsp3) is 0.300. The molecule has 1 N–H and O–H groups in total. The van der Waals surface area contributed by atoms with Gasteiger partial charge in [0.1, 0.15) is 55.5 Å². The fourth-order valence-corrected chi connectivity index (χ4v) is 4.76. The first-order valence-corrected chi connectivity index (χ1v) is 14.6. The van der Waals surface area contributed by atoms with Crippen LogP contribution >= 0.6 is 7.82 Å². The Labute approximate surface area is 235 Å². The highest BCUT2D eigenvalue weighted by Gasteiger charge is 2.26. The second kappa shape index (κ2) is 14.1. The van der Waals surface area contributed by atoms with Gasteiger partial charge in [-0.15, -0.1) is 0 Å². The van der Waals surface area contributed by atoms with E-state index >= 15 is 0 Å². The van der Waals surface area contributed by atoms with Gasteiger partial charge in [0.2, 0.25) is 6.33 Å². The van der Waals surface area contributed by atoms with E-state index < -0.39 is 13.9 Å². The van der Waals surface area contributed by atoms with Gasteiger partial charge in [0.25, 0.3) is 0 Å². The van der Waals surface area contributed by atoms with Crippen molar-refractivity contribution in [1.29, 1.82) is 0 Å². The first kappa shape index (κ1) is 29.4. The zero-order chi connectivity index (χ0) is 28.4. The minimum atomic E-state index is -4.40. The van der Waals surface area contributed by atoms with Crippen molar-refractivity contribution >= 4 is 7.82 Å². The second-order valence-electron chi connectivity index (χ2n) is 9.24. The lowest BCUT2D eigenvalue weighted by Crippen LogP contribution is -2.31. The number of nitrogens with zero attached hydrogens (tertiary/aromatic N) is 2. The van der Waals surface area contributed by atoms with E-state index in [0.29, 0.717) is 24.7 Å². The first-order chi connectivity index (χ1) is 19.3. The molecule has 1 heterocycles. The monoisotopic (exact) mass is 567 g/mol. The third-order valence-electron chi connectivity index (χ3n) is 6.25. The zero-order valence-electron chi connectivity index (χ0n) is 23.0. The van der Waals surface area contributed by atoms with Crippen molar-refractivity contribution in [2.45, 2.75) is 39.6 Å². The van der Waals surface area contributed by atoms with Gasteiger partial charge in [-0.2, -0.15) is 0 Å². The topological polar surface area (TPSA) is 92.3 Å². The van der Waals surface area contributed by atoms with Crippen molar-refractivity contribution < 1.29 is 37.3 Å². The molecule has 0 radical (unpaired) electrons. The molecule has 0 aliphatic carbocycles. The Morgan fingerprint density at radius 3 is 2.40 bits per heavy atom. The summed E-state index contributed by atoms with van der Waals surface area (Å²) >= 11 is 0. The summed E-state index contributed by atoms with van der Waals surface area (Å²) in [6, 6.07) is 22.5. The van der Waals surface area contributed by atoms with E-state index in [9.17, 15) is 9.46 Å². The quantitative estimate of drug-likeness (QED) is 0.154.